The lowest BCUT2D eigenvalue weighted by Crippen LogP contribution is -2.39. The van der Waals surface area contributed by atoms with Gasteiger partial charge in [-0.1, -0.05) is 0 Å². The second kappa shape index (κ2) is 7.60. The van der Waals surface area contributed by atoms with Gasteiger partial charge in [-0.3, -0.25) is 4.90 Å². The third kappa shape index (κ3) is 4.76. The molecule has 0 radical (unpaired) electrons. The van der Waals surface area contributed by atoms with Crippen LogP contribution in [-0.2, 0) is 0 Å². The van der Waals surface area contributed by atoms with Crippen molar-refractivity contribution in [1.29, 1.82) is 0 Å². The van der Waals surface area contributed by atoms with Crippen molar-refractivity contribution in [3.8, 4) is 5.75 Å². The Morgan fingerprint density at radius 2 is 1.75 bits per heavy atom. The van der Waals surface area contributed by atoms with Crippen LogP contribution >= 0.6 is 0 Å². The van der Waals surface area contributed by atoms with Crippen LogP contribution in [0.1, 0.15) is 46.2 Å². The van der Waals surface area contributed by atoms with E-state index in [2.05, 4.69) is 32.6 Å². The van der Waals surface area contributed by atoms with Gasteiger partial charge in [0.15, 0.2) is 0 Å². The Bertz CT molecular complexity index is 411. The fourth-order valence-electron chi connectivity index (χ4n) is 2.38. The molecule has 20 heavy (non-hydrogen) atoms. The van der Waals surface area contributed by atoms with Crippen LogP contribution in [0.3, 0.4) is 0 Å². The molecule has 3 nitrogen and oxygen atoms in total. The molecule has 0 heterocycles. The molecule has 1 aromatic carbocycles. The number of nitrogens with two attached hydrogens (primary N) is 1. The fraction of sp³-hybridized carbons (Fsp3) is 0.625. The summed E-state index contributed by atoms with van der Waals surface area (Å²) in [4.78, 5) is 2.36. The number of halogens is 1. The second-order valence-corrected chi connectivity index (χ2v) is 5.74. The third-order valence-electron chi connectivity index (χ3n) is 3.40. The molecule has 0 saturated carbocycles. The van der Waals surface area contributed by atoms with E-state index in [-0.39, 0.29) is 11.9 Å². The maximum Gasteiger partial charge on any atom is 0.124 e. The molecule has 4 heteroatoms. The van der Waals surface area contributed by atoms with Crippen LogP contribution < -0.4 is 10.5 Å². The van der Waals surface area contributed by atoms with Gasteiger partial charge >= 0.3 is 0 Å². The van der Waals surface area contributed by atoms with E-state index in [1.165, 1.54) is 12.1 Å². The van der Waals surface area contributed by atoms with Gasteiger partial charge in [0.1, 0.15) is 18.2 Å². The summed E-state index contributed by atoms with van der Waals surface area (Å²) in [6.07, 6.45) is 0. The molecule has 0 aliphatic heterocycles. The number of hydrogen-bond acceptors (Lipinski definition) is 3. The molecule has 2 N–H and O–H groups in total. The maximum atomic E-state index is 13.3. The van der Waals surface area contributed by atoms with Crippen molar-refractivity contribution in [2.45, 2.75) is 52.7 Å². The topological polar surface area (TPSA) is 38.5 Å². The number of nitrogens with zero attached hydrogens (tertiary/aromatic N) is 1. The zero-order valence-corrected chi connectivity index (χ0v) is 13.2. The summed E-state index contributed by atoms with van der Waals surface area (Å²) >= 11 is 0. The lowest BCUT2D eigenvalue weighted by Gasteiger charge is -2.30. The molecule has 1 rings (SSSR count). The van der Waals surface area contributed by atoms with Crippen LogP contribution in [0.4, 0.5) is 4.39 Å². The highest BCUT2D eigenvalue weighted by molar-refractivity contribution is 5.36. The average Bonchev–Trinajstić information content (AvgIpc) is 2.34. The highest BCUT2D eigenvalue weighted by Gasteiger charge is 2.14. The van der Waals surface area contributed by atoms with Crippen molar-refractivity contribution < 1.29 is 9.13 Å². The van der Waals surface area contributed by atoms with Crippen molar-refractivity contribution in [3.05, 3.63) is 29.6 Å². The van der Waals surface area contributed by atoms with Crippen molar-refractivity contribution in [3.63, 3.8) is 0 Å². The predicted molar refractivity (Wildman–Crippen MR) is 81.5 cm³/mol. The van der Waals surface area contributed by atoms with E-state index in [1.807, 2.05) is 6.92 Å². The molecule has 1 aromatic rings. The molecule has 0 bridgehead atoms. The SMILES string of the molecule is CC(C)N(CCOc1ccc(F)cc1[C@H](C)N)C(C)C. The van der Waals surface area contributed by atoms with Crippen molar-refractivity contribution in [2.24, 2.45) is 5.73 Å². The fourth-order valence-corrected chi connectivity index (χ4v) is 2.38. The minimum atomic E-state index is -0.282. The van der Waals surface area contributed by atoms with Gasteiger partial charge < -0.3 is 10.5 Å². The normalized spacial score (nSPS) is 13.3. The standard InChI is InChI=1S/C16H27FN2O/c1-11(2)19(12(3)4)8-9-20-16-7-6-14(17)10-15(16)13(5)18/h6-7,10-13H,8-9,18H2,1-5H3/t13-/m0/s1. The van der Waals surface area contributed by atoms with E-state index >= 15 is 0 Å². The minimum absolute atomic E-state index is 0.244. The lowest BCUT2D eigenvalue weighted by atomic mass is 10.1. The second-order valence-electron chi connectivity index (χ2n) is 5.74. The summed E-state index contributed by atoms with van der Waals surface area (Å²) in [6, 6.07) is 5.21. The Labute approximate surface area is 121 Å². The van der Waals surface area contributed by atoms with Crippen molar-refractivity contribution in [2.75, 3.05) is 13.2 Å². The molecular weight excluding hydrogens is 255 g/mol. The molecule has 0 fully saturated rings. The zero-order chi connectivity index (χ0) is 15.3. The molecule has 0 aliphatic rings. The molecule has 114 valence electrons. The minimum Gasteiger partial charge on any atom is -0.492 e. The summed E-state index contributed by atoms with van der Waals surface area (Å²) in [5, 5.41) is 0. The summed E-state index contributed by atoms with van der Waals surface area (Å²) in [5.41, 5.74) is 6.57. The van der Waals surface area contributed by atoms with Crippen LogP contribution in [0, 0.1) is 5.82 Å². The van der Waals surface area contributed by atoms with Gasteiger partial charge in [0.25, 0.3) is 0 Å². The molecule has 0 amide bonds. The summed E-state index contributed by atoms with van der Waals surface area (Å²) in [7, 11) is 0. The number of benzene rings is 1. The third-order valence-corrected chi connectivity index (χ3v) is 3.40. The Morgan fingerprint density at radius 3 is 2.25 bits per heavy atom. The quantitative estimate of drug-likeness (QED) is 0.833. The van der Waals surface area contributed by atoms with Crippen LogP contribution in [0.5, 0.6) is 5.75 Å². The molecule has 0 unspecified atom stereocenters. The summed E-state index contributed by atoms with van der Waals surface area (Å²) < 4.78 is 19.0. The van der Waals surface area contributed by atoms with E-state index in [9.17, 15) is 4.39 Å². The molecule has 1 atom stereocenters. The van der Waals surface area contributed by atoms with Gasteiger partial charge in [-0.15, -0.1) is 0 Å². The summed E-state index contributed by atoms with van der Waals surface area (Å²) in [5.74, 6) is 0.393. The Morgan fingerprint density at radius 1 is 1.15 bits per heavy atom. The highest BCUT2D eigenvalue weighted by Crippen LogP contribution is 2.24. The van der Waals surface area contributed by atoms with Crippen LogP contribution in [0.15, 0.2) is 18.2 Å². The zero-order valence-electron chi connectivity index (χ0n) is 13.2. The van der Waals surface area contributed by atoms with Gasteiger partial charge in [-0.25, -0.2) is 4.39 Å². The van der Waals surface area contributed by atoms with Crippen molar-refractivity contribution >= 4 is 0 Å². The molecule has 0 spiro atoms. The van der Waals surface area contributed by atoms with E-state index < -0.39 is 0 Å². The number of ether oxygens (including phenoxy) is 1. The van der Waals surface area contributed by atoms with E-state index in [1.54, 1.807) is 6.07 Å². The van der Waals surface area contributed by atoms with Gasteiger partial charge in [0.05, 0.1) is 0 Å². The Kier molecular flexibility index (Phi) is 6.43. The van der Waals surface area contributed by atoms with Gasteiger partial charge in [0, 0.05) is 30.2 Å². The first-order valence-corrected chi connectivity index (χ1v) is 7.26. The highest BCUT2D eigenvalue weighted by atomic mass is 19.1. The molecule has 0 aliphatic carbocycles. The first kappa shape index (κ1) is 16.9. The van der Waals surface area contributed by atoms with E-state index in [0.717, 1.165) is 6.54 Å². The van der Waals surface area contributed by atoms with Crippen molar-refractivity contribution in [1.82, 2.24) is 4.90 Å². The Balaban J connectivity index is 2.66. The maximum absolute atomic E-state index is 13.3. The van der Waals surface area contributed by atoms with Gasteiger partial charge in [-0.2, -0.15) is 0 Å². The molecule has 0 aromatic heterocycles. The molecular formula is C16H27FN2O. The van der Waals surface area contributed by atoms with Gasteiger partial charge in [-0.05, 0) is 52.8 Å². The predicted octanol–water partition coefficient (Wildman–Crippen LogP) is 3.34. The van der Waals surface area contributed by atoms with Crippen LogP contribution in [0.25, 0.3) is 0 Å². The Hall–Kier alpha value is -1.13. The van der Waals surface area contributed by atoms with E-state index in [0.29, 0.717) is 30.0 Å². The van der Waals surface area contributed by atoms with Gasteiger partial charge in [0.2, 0.25) is 0 Å². The van der Waals surface area contributed by atoms with Crippen LogP contribution in [0.2, 0.25) is 0 Å². The first-order chi connectivity index (χ1) is 9.32. The monoisotopic (exact) mass is 282 g/mol. The number of hydrogen-bond donors (Lipinski definition) is 1. The van der Waals surface area contributed by atoms with E-state index in [4.69, 9.17) is 10.5 Å². The van der Waals surface area contributed by atoms with Crippen LogP contribution in [-0.4, -0.2) is 30.1 Å². The lowest BCUT2D eigenvalue weighted by molar-refractivity contribution is 0.141. The smallest absolute Gasteiger partial charge is 0.124 e. The molecule has 0 saturated heterocycles. The first-order valence-electron chi connectivity index (χ1n) is 7.26. The average molecular weight is 282 g/mol. The summed E-state index contributed by atoms with van der Waals surface area (Å²) in [6.45, 7) is 11.9. The largest absolute Gasteiger partial charge is 0.492 e. The number of rotatable bonds is 7.